The molecule has 3 aromatic rings. The van der Waals surface area contributed by atoms with Crippen molar-refractivity contribution in [2.45, 2.75) is 44.8 Å². The van der Waals surface area contributed by atoms with Crippen molar-refractivity contribution >= 4 is 22.4 Å². The molecule has 2 unspecified atom stereocenters. The Morgan fingerprint density at radius 2 is 1.90 bits per heavy atom. The monoisotopic (exact) mass is 429 g/mol. The minimum atomic E-state index is -2.88. The minimum absolute atomic E-state index is 0.145. The molecule has 6 nitrogen and oxygen atoms in total. The van der Waals surface area contributed by atoms with Crippen molar-refractivity contribution in [2.24, 2.45) is 0 Å². The number of morpholine rings is 1. The highest BCUT2D eigenvalue weighted by molar-refractivity contribution is 5.92. The molecule has 0 radical (unpaired) electrons. The first-order chi connectivity index (χ1) is 14.9. The molecule has 0 saturated carbocycles. The molecule has 2 aromatic heterocycles. The van der Waals surface area contributed by atoms with E-state index >= 15 is 0 Å². The van der Waals surface area contributed by atoms with Gasteiger partial charge in [0.05, 0.1) is 60.0 Å². The molecule has 9 heteroatoms. The van der Waals surface area contributed by atoms with Gasteiger partial charge in [-0.05, 0) is 26.3 Å². The molecule has 0 amide bonds. The number of benzene rings is 1. The second-order valence-corrected chi connectivity index (χ2v) is 8.13. The van der Waals surface area contributed by atoms with E-state index in [0.717, 1.165) is 23.6 Å². The topological polar surface area (TPSA) is 63.2 Å². The van der Waals surface area contributed by atoms with Gasteiger partial charge in [0.1, 0.15) is 5.82 Å². The van der Waals surface area contributed by atoms with Gasteiger partial charge in [-0.15, -0.1) is 5.10 Å². The Morgan fingerprint density at radius 3 is 2.61 bits per heavy atom. The van der Waals surface area contributed by atoms with Crippen LogP contribution in [0.3, 0.4) is 0 Å². The van der Waals surface area contributed by atoms with E-state index in [1.54, 1.807) is 6.92 Å². The third kappa shape index (κ3) is 3.37. The quantitative estimate of drug-likeness (QED) is 0.642. The third-order valence-corrected chi connectivity index (χ3v) is 6.13. The number of hydrogen-bond donors (Lipinski definition) is 1. The van der Waals surface area contributed by atoms with Crippen LogP contribution >= 0.6 is 0 Å². The summed E-state index contributed by atoms with van der Waals surface area (Å²) in [7, 11) is 0. The van der Waals surface area contributed by atoms with Gasteiger partial charge in [-0.2, -0.15) is 5.10 Å². The largest absolute Gasteiger partial charge is 0.377 e. The molecule has 2 fully saturated rings. The number of aryl methyl sites for hydroxylation is 1. The summed E-state index contributed by atoms with van der Waals surface area (Å²) in [6, 6.07) is 6.12. The highest BCUT2D eigenvalue weighted by atomic mass is 19.3. The van der Waals surface area contributed by atoms with Gasteiger partial charge in [-0.25, -0.2) is 13.2 Å². The van der Waals surface area contributed by atoms with Crippen LogP contribution in [0.25, 0.3) is 10.9 Å². The molecule has 1 aromatic carbocycles. The average Bonchev–Trinajstić information content (AvgIpc) is 2.76. The molecule has 0 aliphatic carbocycles. The van der Waals surface area contributed by atoms with Crippen molar-refractivity contribution in [3.05, 3.63) is 53.1 Å². The van der Waals surface area contributed by atoms with Gasteiger partial charge in [0.15, 0.2) is 5.82 Å². The lowest BCUT2D eigenvalue weighted by atomic mass is 9.90. The molecule has 1 N–H and O–H groups in total. The normalized spacial score (nSPS) is 21.3. The smallest absolute Gasteiger partial charge is 0.266 e. The fraction of sp³-hybridized carbons (Fsp3) is 0.409. The van der Waals surface area contributed by atoms with Gasteiger partial charge < -0.3 is 15.0 Å². The number of fused-ring (bicyclic) bond motifs is 3. The van der Waals surface area contributed by atoms with Crippen molar-refractivity contribution in [1.82, 2.24) is 15.2 Å². The van der Waals surface area contributed by atoms with Crippen LogP contribution in [0.5, 0.6) is 0 Å². The molecular weight excluding hydrogens is 407 g/mol. The zero-order valence-corrected chi connectivity index (χ0v) is 17.1. The van der Waals surface area contributed by atoms with Crippen molar-refractivity contribution in [3.8, 4) is 0 Å². The Morgan fingerprint density at radius 1 is 1.16 bits per heavy atom. The summed E-state index contributed by atoms with van der Waals surface area (Å²) in [6.07, 6.45) is 0.0625. The van der Waals surface area contributed by atoms with E-state index in [1.807, 2.05) is 19.2 Å². The summed E-state index contributed by atoms with van der Waals surface area (Å²) in [4.78, 5) is 6.92. The Kier molecular flexibility index (Phi) is 4.92. The second-order valence-electron chi connectivity index (χ2n) is 8.13. The molecule has 4 heterocycles. The number of halogens is 3. The van der Waals surface area contributed by atoms with Crippen LogP contribution in [0.2, 0.25) is 0 Å². The first-order valence-corrected chi connectivity index (χ1v) is 10.3. The number of alkyl halides is 2. The van der Waals surface area contributed by atoms with E-state index in [0.29, 0.717) is 42.3 Å². The third-order valence-electron chi connectivity index (χ3n) is 6.13. The molecule has 3 atom stereocenters. The Hall–Kier alpha value is -2.94. The minimum Gasteiger partial charge on any atom is -0.377 e. The number of hydrogen-bond acceptors (Lipinski definition) is 6. The van der Waals surface area contributed by atoms with Gasteiger partial charge in [-0.3, -0.25) is 4.98 Å². The van der Waals surface area contributed by atoms with Crippen LogP contribution in [0.4, 0.5) is 24.7 Å². The summed E-state index contributed by atoms with van der Waals surface area (Å²) in [6.45, 7) is 4.93. The molecule has 2 aliphatic heterocycles. The van der Waals surface area contributed by atoms with Crippen molar-refractivity contribution in [1.29, 1.82) is 0 Å². The van der Waals surface area contributed by atoms with E-state index in [9.17, 15) is 13.2 Å². The fourth-order valence-electron chi connectivity index (χ4n) is 4.51. The van der Waals surface area contributed by atoms with Gasteiger partial charge >= 0.3 is 0 Å². The van der Waals surface area contributed by atoms with Crippen LogP contribution in [0.1, 0.15) is 42.6 Å². The molecule has 0 spiro atoms. The first kappa shape index (κ1) is 20.0. The number of ether oxygens (including phenoxy) is 1. The lowest BCUT2D eigenvalue weighted by Gasteiger charge is -2.53. The maximum atomic E-state index is 14.6. The molecule has 2 saturated heterocycles. The molecule has 31 heavy (non-hydrogen) atoms. The average molecular weight is 429 g/mol. The van der Waals surface area contributed by atoms with Crippen molar-refractivity contribution < 1.29 is 17.9 Å². The van der Waals surface area contributed by atoms with E-state index < -0.39 is 23.8 Å². The Balaban J connectivity index is 1.50. The Labute approximate surface area is 177 Å². The van der Waals surface area contributed by atoms with Gasteiger partial charge in [0, 0.05) is 10.9 Å². The lowest BCUT2D eigenvalue weighted by molar-refractivity contribution is 0.0103. The summed E-state index contributed by atoms with van der Waals surface area (Å²) in [5, 5.41) is 12.3. The highest BCUT2D eigenvalue weighted by Gasteiger charge is 2.42. The predicted octanol–water partition coefficient (Wildman–Crippen LogP) is 4.56. The molecular formula is C22H22F3N5O. The molecule has 162 valence electrons. The van der Waals surface area contributed by atoms with Crippen LogP contribution in [0, 0.1) is 12.7 Å². The number of aromatic nitrogens is 3. The number of anilines is 2. The second kappa shape index (κ2) is 7.64. The maximum Gasteiger partial charge on any atom is 0.266 e. The van der Waals surface area contributed by atoms with Crippen LogP contribution in [-0.4, -0.2) is 40.5 Å². The number of nitrogens with one attached hydrogen (secondary N) is 1. The number of nitrogens with zero attached hydrogens (tertiary/aromatic N) is 4. The zero-order chi connectivity index (χ0) is 21.7. The van der Waals surface area contributed by atoms with E-state index in [4.69, 9.17) is 4.74 Å². The van der Waals surface area contributed by atoms with E-state index in [1.165, 1.54) is 12.1 Å². The van der Waals surface area contributed by atoms with Crippen molar-refractivity contribution in [2.75, 3.05) is 23.4 Å². The molecule has 5 rings (SSSR count). The van der Waals surface area contributed by atoms with Gasteiger partial charge in [0.2, 0.25) is 0 Å². The molecule has 2 aliphatic rings. The summed E-state index contributed by atoms with van der Waals surface area (Å²) < 4.78 is 46.4. The van der Waals surface area contributed by atoms with Crippen LogP contribution in [-0.2, 0) is 4.74 Å². The Bertz CT molecular complexity index is 1130. The highest BCUT2D eigenvalue weighted by Crippen LogP contribution is 2.38. The summed E-state index contributed by atoms with van der Waals surface area (Å²) >= 11 is 0. The number of rotatable bonds is 5. The van der Waals surface area contributed by atoms with E-state index in [-0.39, 0.29) is 5.56 Å². The van der Waals surface area contributed by atoms with Gasteiger partial charge in [-0.1, -0.05) is 18.2 Å². The van der Waals surface area contributed by atoms with Gasteiger partial charge in [0.25, 0.3) is 6.43 Å². The standard InChI is InChI=1S/C22H22F3N5O/c1-11(16-4-3-5-17(19(16)23)21(24)25)27-22-18-7-13(8-26-20(18)12(2)28-29-22)30-14-6-15(30)10-31-9-14/h3-5,7-8,11,14-15,21H,6,9-10H2,1-2H3,(H,27,29)/t11-,14?,15?/m1/s1. The van der Waals surface area contributed by atoms with Crippen molar-refractivity contribution in [3.63, 3.8) is 0 Å². The predicted molar refractivity (Wildman–Crippen MR) is 111 cm³/mol. The lowest BCUT2D eigenvalue weighted by Crippen LogP contribution is -2.64. The fourth-order valence-corrected chi connectivity index (χ4v) is 4.51. The van der Waals surface area contributed by atoms with Crippen LogP contribution in [0.15, 0.2) is 30.5 Å². The zero-order valence-electron chi connectivity index (χ0n) is 17.1. The maximum absolute atomic E-state index is 14.6. The summed E-state index contributed by atoms with van der Waals surface area (Å²) in [5.74, 6) is -0.472. The summed E-state index contributed by atoms with van der Waals surface area (Å²) in [5.41, 5.74) is 1.88. The number of pyridine rings is 1. The molecule has 2 bridgehead atoms. The van der Waals surface area contributed by atoms with E-state index in [2.05, 4.69) is 25.4 Å². The van der Waals surface area contributed by atoms with Crippen LogP contribution < -0.4 is 10.2 Å². The first-order valence-electron chi connectivity index (χ1n) is 10.3. The SMILES string of the molecule is Cc1nnc(N[C@H](C)c2cccc(C(F)F)c2F)c2cc(N3C4COCC3C4)cnc12.